The third-order valence-electron chi connectivity index (χ3n) is 3.66. The Morgan fingerprint density at radius 1 is 0.474 bits per heavy atom. The number of carbonyl (C=O) groups is 7. The van der Waals surface area contributed by atoms with Crippen LogP contribution in [0, 0.1) is 0 Å². The molecule has 0 rings (SSSR count). The normalized spacial score (nSPS) is 9.39. The molecule has 2 N–H and O–H groups in total. The summed E-state index contributed by atoms with van der Waals surface area (Å²) in [5.74, 6) is -2.53. The second-order valence-electron chi connectivity index (χ2n) is 6.23. The highest BCUT2D eigenvalue weighted by molar-refractivity contribution is 5.82. The van der Waals surface area contributed by atoms with E-state index in [0.717, 1.165) is 0 Å². The lowest BCUT2D eigenvalue weighted by molar-refractivity contribution is -0.148. The Bertz CT molecular complexity index is 671. The minimum atomic E-state index is -0.924. The van der Waals surface area contributed by atoms with E-state index in [9.17, 15) is 33.6 Å². The average molecular weight is 558 g/mol. The van der Waals surface area contributed by atoms with Gasteiger partial charge in [0, 0.05) is 12.8 Å². The maximum absolute atomic E-state index is 10.6. The highest BCUT2D eigenvalue weighted by Gasteiger charge is 2.17. The molecule has 1 unspecified atom stereocenters. The van der Waals surface area contributed by atoms with Crippen LogP contribution >= 0.6 is 0 Å². The van der Waals surface area contributed by atoms with Crippen molar-refractivity contribution in [1.29, 1.82) is 0 Å². The van der Waals surface area contributed by atoms with Crippen LogP contribution in [-0.2, 0) is 66.7 Å². The molecule has 0 heterocycles. The van der Waals surface area contributed by atoms with Gasteiger partial charge < -0.3 is 43.6 Å². The van der Waals surface area contributed by atoms with Crippen molar-refractivity contribution in [3.63, 3.8) is 0 Å². The molecule has 16 nitrogen and oxygen atoms in total. The molecular weight excluding hydrogens is 518 g/mol. The van der Waals surface area contributed by atoms with Crippen LogP contribution in [0.4, 0.5) is 4.79 Å². The largest absolute Gasteiger partial charge is 0.507 e. The zero-order valence-electron chi connectivity index (χ0n) is 23.0. The van der Waals surface area contributed by atoms with E-state index >= 15 is 0 Å². The van der Waals surface area contributed by atoms with Crippen LogP contribution in [-0.4, -0.2) is 105 Å². The Balaban J connectivity index is -0.000000207. The van der Waals surface area contributed by atoms with Crippen LogP contribution in [0.1, 0.15) is 38.5 Å². The molecule has 0 aromatic rings. The zero-order valence-corrected chi connectivity index (χ0v) is 23.0. The molecule has 0 spiro atoms. The van der Waals surface area contributed by atoms with Crippen molar-refractivity contribution in [1.82, 2.24) is 0 Å². The molecule has 0 aliphatic rings. The summed E-state index contributed by atoms with van der Waals surface area (Å²) >= 11 is 0. The number of esters is 6. The fourth-order valence-corrected chi connectivity index (χ4v) is 1.57. The molecule has 222 valence electrons. The third kappa shape index (κ3) is 32.0. The van der Waals surface area contributed by atoms with Gasteiger partial charge in [0.1, 0.15) is 6.04 Å². The fraction of sp³-hybridized carbons (Fsp3) is 0.682. The Labute approximate surface area is 221 Å². The van der Waals surface area contributed by atoms with Gasteiger partial charge in [0.05, 0.1) is 76.1 Å². The molecule has 1 atom stereocenters. The van der Waals surface area contributed by atoms with E-state index in [-0.39, 0.29) is 44.0 Å². The number of rotatable bonds is 10. The third-order valence-corrected chi connectivity index (χ3v) is 3.66. The predicted molar refractivity (Wildman–Crippen MR) is 127 cm³/mol. The Hall–Kier alpha value is -3.95. The number of hydrogen-bond donors (Lipinski definition) is 1. The highest BCUT2D eigenvalue weighted by atomic mass is 16.7. The minimum absolute atomic E-state index is 0.0865. The summed E-state index contributed by atoms with van der Waals surface area (Å²) in [7, 11) is 10.1. The zero-order chi connectivity index (χ0) is 30.5. The topological polar surface area (TPSA) is 219 Å². The number of nitrogens with two attached hydrogens (primary N) is 1. The maximum atomic E-state index is 10.6. The predicted octanol–water partition coefficient (Wildman–Crippen LogP) is 0.0643. The lowest BCUT2D eigenvalue weighted by Gasteiger charge is -2.06. The molecular formula is C22H39NO15. The summed E-state index contributed by atoms with van der Waals surface area (Å²) in [5.41, 5.74) is 5.23. The van der Waals surface area contributed by atoms with Crippen molar-refractivity contribution in [2.75, 3.05) is 56.9 Å². The van der Waals surface area contributed by atoms with Gasteiger partial charge in [0.25, 0.3) is 0 Å². The Kier molecular flexibility index (Phi) is 31.7. The van der Waals surface area contributed by atoms with Crippen molar-refractivity contribution in [3.8, 4) is 0 Å². The second-order valence-corrected chi connectivity index (χ2v) is 6.23. The monoisotopic (exact) mass is 557 g/mol. The first-order valence-electron chi connectivity index (χ1n) is 10.6. The molecule has 0 saturated carbocycles. The van der Waals surface area contributed by atoms with Crippen LogP contribution < -0.4 is 5.73 Å². The van der Waals surface area contributed by atoms with Crippen LogP contribution in [0.25, 0.3) is 0 Å². The Morgan fingerprint density at radius 2 is 0.789 bits per heavy atom. The van der Waals surface area contributed by atoms with Gasteiger partial charge in [0.2, 0.25) is 0 Å². The molecule has 0 saturated heterocycles. The van der Waals surface area contributed by atoms with E-state index in [1.807, 2.05) is 0 Å². The molecule has 0 amide bonds. The van der Waals surface area contributed by atoms with Gasteiger partial charge >= 0.3 is 42.0 Å². The lowest BCUT2D eigenvalue weighted by atomic mass is 10.2. The van der Waals surface area contributed by atoms with Gasteiger partial charge in [-0.3, -0.25) is 28.8 Å². The van der Waals surface area contributed by atoms with E-state index in [1.165, 1.54) is 56.9 Å². The molecule has 0 radical (unpaired) electrons. The van der Waals surface area contributed by atoms with Gasteiger partial charge in [-0.2, -0.15) is 0 Å². The van der Waals surface area contributed by atoms with Crippen LogP contribution in [0.3, 0.4) is 0 Å². The van der Waals surface area contributed by atoms with Gasteiger partial charge in [-0.25, -0.2) is 4.79 Å². The van der Waals surface area contributed by atoms with Crippen molar-refractivity contribution in [3.05, 3.63) is 0 Å². The molecule has 0 aromatic carbocycles. The summed E-state index contributed by atoms with van der Waals surface area (Å²) < 4.78 is 34.0. The smallest absolute Gasteiger partial charge is 0.469 e. The summed E-state index contributed by atoms with van der Waals surface area (Å²) in [5, 5.41) is 0. The SMILES string of the molecule is COC(=O)CC(N)C(=O)OC.COC(=O)CCC(=O)OC.COC(=O)CCCC(=O)OC.COC(=O)OC. The van der Waals surface area contributed by atoms with Gasteiger partial charge in [0.15, 0.2) is 0 Å². The van der Waals surface area contributed by atoms with E-state index in [0.29, 0.717) is 6.42 Å². The molecule has 0 bridgehead atoms. The summed E-state index contributed by atoms with van der Waals surface area (Å²) in [6.45, 7) is 0. The van der Waals surface area contributed by atoms with Gasteiger partial charge in [-0.15, -0.1) is 0 Å². The van der Waals surface area contributed by atoms with Crippen molar-refractivity contribution >= 4 is 42.0 Å². The molecule has 0 aromatic heterocycles. The average Bonchev–Trinajstić information content (AvgIpc) is 2.94. The van der Waals surface area contributed by atoms with Crippen molar-refractivity contribution in [2.45, 2.75) is 44.6 Å². The maximum Gasteiger partial charge on any atom is 0.507 e. The molecule has 0 fully saturated rings. The highest BCUT2D eigenvalue weighted by Crippen LogP contribution is 1.98. The van der Waals surface area contributed by atoms with E-state index in [4.69, 9.17) is 5.73 Å². The van der Waals surface area contributed by atoms with Gasteiger partial charge in [-0.05, 0) is 6.42 Å². The molecule has 0 aliphatic carbocycles. The van der Waals surface area contributed by atoms with Crippen molar-refractivity contribution < 1.29 is 71.5 Å². The van der Waals surface area contributed by atoms with E-state index < -0.39 is 36.1 Å². The lowest BCUT2D eigenvalue weighted by Crippen LogP contribution is -2.34. The minimum Gasteiger partial charge on any atom is -0.469 e. The van der Waals surface area contributed by atoms with Crippen molar-refractivity contribution in [2.24, 2.45) is 5.73 Å². The van der Waals surface area contributed by atoms with Crippen LogP contribution in [0.2, 0.25) is 0 Å². The molecule has 38 heavy (non-hydrogen) atoms. The second kappa shape index (κ2) is 29.3. The van der Waals surface area contributed by atoms with Crippen LogP contribution in [0.15, 0.2) is 0 Å². The van der Waals surface area contributed by atoms with Crippen LogP contribution in [0.5, 0.6) is 0 Å². The molecule has 0 aliphatic heterocycles. The number of ether oxygens (including phenoxy) is 8. The number of methoxy groups -OCH3 is 8. The number of carbonyl (C=O) groups excluding carboxylic acids is 7. The Morgan fingerprint density at radius 3 is 1.03 bits per heavy atom. The first-order valence-corrected chi connectivity index (χ1v) is 10.6. The fourth-order valence-electron chi connectivity index (χ4n) is 1.57. The van der Waals surface area contributed by atoms with E-state index in [1.54, 1.807) is 0 Å². The first kappa shape index (κ1) is 41.2. The quantitative estimate of drug-likeness (QED) is 0.277. The molecule has 16 heteroatoms. The van der Waals surface area contributed by atoms with Gasteiger partial charge in [-0.1, -0.05) is 0 Å². The first-order chi connectivity index (χ1) is 17.8. The summed E-state index contributed by atoms with van der Waals surface area (Å²) in [6, 6.07) is -0.924. The summed E-state index contributed by atoms with van der Waals surface area (Å²) in [6.07, 6.45) is 0.390. The van der Waals surface area contributed by atoms with E-state index in [2.05, 4.69) is 37.9 Å². The number of hydrogen-bond acceptors (Lipinski definition) is 16. The summed E-state index contributed by atoms with van der Waals surface area (Å²) in [4.78, 5) is 72.7. The standard InChI is InChI=1S/C7H12O4.C6H11NO4.C6H10O4.C3H6O3/c1-10-6(8)4-3-5-7(9)11-2;1-10-5(8)3-4(7)6(9)11-2;1-9-5(7)3-4-6(8)10-2;1-5-3(4)6-2/h3-5H2,1-2H3;4H,3,7H2,1-2H3;3-4H2,1-2H3;1-2H3.